The van der Waals surface area contributed by atoms with Gasteiger partial charge in [0.15, 0.2) is 0 Å². The van der Waals surface area contributed by atoms with Gasteiger partial charge in [0, 0.05) is 31.0 Å². The van der Waals surface area contributed by atoms with Gasteiger partial charge in [0.25, 0.3) is 0 Å². The lowest BCUT2D eigenvalue weighted by atomic mass is 9.93. The molecule has 2 heterocycles. The third kappa shape index (κ3) is 3.17. The summed E-state index contributed by atoms with van der Waals surface area (Å²) in [4.78, 5) is 8.38. The van der Waals surface area contributed by atoms with Crippen LogP contribution in [0.15, 0.2) is 18.5 Å². The highest BCUT2D eigenvalue weighted by molar-refractivity contribution is 6.30. The summed E-state index contributed by atoms with van der Waals surface area (Å²) in [7, 11) is 0. The van der Waals surface area contributed by atoms with Crippen molar-refractivity contribution in [3.63, 3.8) is 0 Å². The number of fused-ring (bicyclic) bond motifs is 1. The van der Waals surface area contributed by atoms with E-state index < -0.39 is 5.54 Å². The van der Waals surface area contributed by atoms with E-state index in [0.29, 0.717) is 24.1 Å². The van der Waals surface area contributed by atoms with Crippen molar-refractivity contribution in [3.8, 4) is 5.88 Å². The Morgan fingerprint density at radius 3 is 2.70 bits per heavy atom. The molecule has 2 aromatic heterocycles. The Balaban J connectivity index is 2.53. The standard InChI is InChI=1S/C14H18ClN3O2/c1-14(2,16)11-8-18-13(20-5-3-4-19)10-7-17-12(15)6-9(10)11/h6-8,19H,3-5,16H2,1-2H3. The molecule has 3 N–H and O–H groups in total. The molecule has 0 saturated carbocycles. The van der Waals surface area contributed by atoms with E-state index in [1.54, 1.807) is 18.5 Å². The van der Waals surface area contributed by atoms with Crippen LogP contribution in [-0.4, -0.2) is 28.3 Å². The zero-order valence-electron chi connectivity index (χ0n) is 11.6. The minimum atomic E-state index is -0.542. The molecule has 0 amide bonds. The summed E-state index contributed by atoms with van der Waals surface area (Å²) in [5, 5.41) is 10.8. The first-order valence-corrected chi connectivity index (χ1v) is 6.78. The lowest BCUT2D eigenvalue weighted by Crippen LogP contribution is -2.29. The van der Waals surface area contributed by atoms with Crippen LogP contribution in [0.5, 0.6) is 5.88 Å². The number of aliphatic hydroxyl groups is 1. The quantitative estimate of drug-likeness (QED) is 0.653. The largest absolute Gasteiger partial charge is 0.477 e. The maximum Gasteiger partial charge on any atom is 0.222 e. The van der Waals surface area contributed by atoms with Gasteiger partial charge in [-0.15, -0.1) is 0 Å². The molecular weight excluding hydrogens is 278 g/mol. The van der Waals surface area contributed by atoms with Crippen molar-refractivity contribution in [3.05, 3.63) is 29.2 Å². The summed E-state index contributed by atoms with van der Waals surface area (Å²) in [5.74, 6) is 0.477. The number of halogens is 1. The highest BCUT2D eigenvalue weighted by Gasteiger charge is 2.20. The van der Waals surface area contributed by atoms with Crippen LogP contribution in [0.25, 0.3) is 10.8 Å². The molecule has 0 radical (unpaired) electrons. The Hall–Kier alpha value is -1.43. The van der Waals surface area contributed by atoms with E-state index in [9.17, 15) is 0 Å². The minimum Gasteiger partial charge on any atom is -0.477 e. The summed E-state index contributed by atoms with van der Waals surface area (Å²) in [6, 6.07) is 1.77. The van der Waals surface area contributed by atoms with E-state index in [2.05, 4.69) is 9.97 Å². The van der Waals surface area contributed by atoms with Crippen LogP contribution in [0.4, 0.5) is 0 Å². The summed E-state index contributed by atoms with van der Waals surface area (Å²) in [6.45, 7) is 4.29. The second kappa shape index (κ2) is 5.91. The predicted molar refractivity (Wildman–Crippen MR) is 79.0 cm³/mol. The number of aromatic nitrogens is 2. The van der Waals surface area contributed by atoms with Gasteiger partial charge in [0.05, 0.1) is 12.0 Å². The van der Waals surface area contributed by atoms with Crippen LogP contribution in [0, 0.1) is 0 Å². The van der Waals surface area contributed by atoms with Gasteiger partial charge in [-0.3, -0.25) is 0 Å². The average molecular weight is 296 g/mol. The smallest absolute Gasteiger partial charge is 0.222 e. The van der Waals surface area contributed by atoms with Crippen LogP contribution in [-0.2, 0) is 5.54 Å². The highest BCUT2D eigenvalue weighted by atomic mass is 35.5. The molecule has 0 fully saturated rings. The third-order valence-corrected chi connectivity index (χ3v) is 3.14. The minimum absolute atomic E-state index is 0.0793. The van der Waals surface area contributed by atoms with Gasteiger partial charge in [0.2, 0.25) is 5.88 Å². The second-order valence-corrected chi connectivity index (χ2v) is 5.56. The molecule has 0 unspecified atom stereocenters. The molecule has 0 aliphatic rings. The first kappa shape index (κ1) is 15.0. The number of hydrogen-bond donors (Lipinski definition) is 2. The topological polar surface area (TPSA) is 81.3 Å². The lowest BCUT2D eigenvalue weighted by molar-refractivity contribution is 0.230. The van der Waals surface area contributed by atoms with E-state index in [-0.39, 0.29) is 6.61 Å². The number of nitrogens with zero attached hydrogens (tertiary/aromatic N) is 2. The van der Waals surface area contributed by atoms with Gasteiger partial charge in [-0.25, -0.2) is 9.97 Å². The van der Waals surface area contributed by atoms with E-state index in [0.717, 1.165) is 16.3 Å². The average Bonchev–Trinajstić information content (AvgIpc) is 2.37. The van der Waals surface area contributed by atoms with Crippen molar-refractivity contribution >= 4 is 22.4 Å². The van der Waals surface area contributed by atoms with Crippen LogP contribution in [0.2, 0.25) is 5.15 Å². The fraction of sp³-hybridized carbons (Fsp3) is 0.429. The van der Waals surface area contributed by atoms with Gasteiger partial charge >= 0.3 is 0 Å². The molecule has 0 atom stereocenters. The Bertz CT molecular complexity index is 611. The molecule has 0 spiro atoms. The molecule has 5 nitrogen and oxygen atoms in total. The maximum absolute atomic E-state index is 8.80. The Morgan fingerprint density at radius 2 is 2.05 bits per heavy atom. The number of hydrogen-bond acceptors (Lipinski definition) is 5. The maximum atomic E-state index is 8.80. The van der Waals surface area contributed by atoms with Gasteiger partial charge in [-0.1, -0.05) is 11.6 Å². The summed E-state index contributed by atoms with van der Waals surface area (Å²) < 4.78 is 5.57. The fourth-order valence-electron chi connectivity index (χ4n) is 1.95. The van der Waals surface area contributed by atoms with Crippen molar-refractivity contribution in [1.82, 2.24) is 9.97 Å². The zero-order valence-corrected chi connectivity index (χ0v) is 12.3. The normalized spacial score (nSPS) is 11.8. The van der Waals surface area contributed by atoms with Crippen molar-refractivity contribution in [1.29, 1.82) is 0 Å². The molecule has 6 heteroatoms. The summed E-state index contributed by atoms with van der Waals surface area (Å²) in [6.07, 6.45) is 3.88. The van der Waals surface area contributed by atoms with Gasteiger partial charge in [0.1, 0.15) is 5.15 Å². The van der Waals surface area contributed by atoms with Crippen molar-refractivity contribution < 1.29 is 9.84 Å². The lowest BCUT2D eigenvalue weighted by Gasteiger charge is -2.21. The third-order valence-electron chi connectivity index (χ3n) is 2.94. The molecule has 20 heavy (non-hydrogen) atoms. The Labute approximate surface area is 122 Å². The molecule has 0 aliphatic heterocycles. The van der Waals surface area contributed by atoms with E-state index in [1.165, 1.54) is 0 Å². The first-order chi connectivity index (χ1) is 9.43. The second-order valence-electron chi connectivity index (χ2n) is 5.18. The molecule has 108 valence electrons. The molecular formula is C14H18ClN3O2. The molecule has 0 saturated heterocycles. The van der Waals surface area contributed by atoms with Crippen molar-refractivity contribution in [2.75, 3.05) is 13.2 Å². The van der Waals surface area contributed by atoms with E-state index >= 15 is 0 Å². The predicted octanol–water partition coefficient (Wildman–Crippen LogP) is 2.24. The van der Waals surface area contributed by atoms with Crippen LogP contribution < -0.4 is 10.5 Å². The van der Waals surface area contributed by atoms with Crippen molar-refractivity contribution in [2.45, 2.75) is 25.8 Å². The number of nitrogens with two attached hydrogens (primary N) is 1. The number of rotatable bonds is 5. The molecule has 2 rings (SSSR count). The molecule has 0 bridgehead atoms. The Kier molecular flexibility index (Phi) is 4.42. The fourth-order valence-corrected chi connectivity index (χ4v) is 2.11. The Morgan fingerprint density at radius 1 is 1.30 bits per heavy atom. The number of ether oxygens (including phenoxy) is 1. The first-order valence-electron chi connectivity index (χ1n) is 6.40. The van der Waals surface area contributed by atoms with Crippen LogP contribution in [0.1, 0.15) is 25.8 Å². The van der Waals surface area contributed by atoms with E-state index in [4.69, 9.17) is 27.2 Å². The number of pyridine rings is 2. The molecule has 0 aromatic carbocycles. The van der Waals surface area contributed by atoms with Crippen molar-refractivity contribution in [2.24, 2.45) is 5.73 Å². The molecule has 2 aromatic rings. The van der Waals surface area contributed by atoms with Gasteiger partial charge in [-0.2, -0.15) is 0 Å². The highest BCUT2D eigenvalue weighted by Crippen LogP contribution is 2.32. The SMILES string of the molecule is CC(C)(N)c1cnc(OCCCO)c2cnc(Cl)cc12. The summed E-state index contributed by atoms with van der Waals surface area (Å²) >= 11 is 5.97. The monoisotopic (exact) mass is 295 g/mol. The van der Waals surface area contributed by atoms with Gasteiger partial charge < -0.3 is 15.6 Å². The van der Waals surface area contributed by atoms with Crippen LogP contribution >= 0.6 is 11.6 Å². The van der Waals surface area contributed by atoms with Crippen LogP contribution in [0.3, 0.4) is 0 Å². The van der Waals surface area contributed by atoms with E-state index in [1.807, 2.05) is 13.8 Å². The summed E-state index contributed by atoms with van der Waals surface area (Å²) in [5.41, 5.74) is 6.51. The van der Waals surface area contributed by atoms with Gasteiger partial charge in [-0.05, 0) is 30.9 Å². The number of aliphatic hydroxyl groups excluding tert-OH is 1. The zero-order chi connectivity index (χ0) is 14.8. The molecule has 0 aliphatic carbocycles.